The summed E-state index contributed by atoms with van der Waals surface area (Å²) in [6, 6.07) is 23.7. The Morgan fingerprint density at radius 1 is 0.759 bits per heavy atom. The average molecular weight is 384 g/mol. The molecule has 2 aromatic heterocycles. The number of rotatable bonds is 5. The zero-order chi connectivity index (χ0) is 19.8. The molecule has 0 N–H and O–H groups in total. The summed E-state index contributed by atoms with van der Waals surface area (Å²) in [6.45, 7) is 0. The maximum absolute atomic E-state index is 13.9. The lowest BCUT2D eigenvalue weighted by Crippen LogP contribution is -2.51. The molecule has 0 unspecified atom stereocenters. The highest BCUT2D eigenvalue weighted by Crippen LogP contribution is 2.30. The molecule has 29 heavy (non-hydrogen) atoms. The molecule has 5 aromatic rings. The lowest BCUT2D eigenvalue weighted by molar-refractivity contribution is -0.0827. The Labute approximate surface area is 165 Å². The summed E-state index contributed by atoms with van der Waals surface area (Å²) in [7, 11) is 1.45. The van der Waals surface area contributed by atoms with Crippen LogP contribution in [0.4, 0.5) is 0 Å². The van der Waals surface area contributed by atoms with Crippen LogP contribution in [0.3, 0.4) is 0 Å². The zero-order valence-electron chi connectivity index (χ0n) is 15.5. The van der Waals surface area contributed by atoms with Crippen molar-refractivity contribution in [2.24, 2.45) is 0 Å². The summed E-state index contributed by atoms with van der Waals surface area (Å²) >= 11 is 0. The van der Waals surface area contributed by atoms with E-state index in [1.54, 1.807) is 24.3 Å². The number of para-hydroxylation sites is 2. The van der Waals surface area contributed by atoms with Crippen molar-refractivity contribution in [3.63, 3.8) is 0 Å². The van der Waals surface area contributed by atoms with Crippen LogP contribution in [0.1, 0.15) is 10.4 Å². The molecule has 0 aliphatic heterocycles. The molecule has 8 heteroatoms. The first-order valence-electron chi connectivity index (χ1n) is 9.02. The molecule has 0 aliphatic carbocycles. The summed E-state index contributed by atoms with van der Waals surface area (Å²) in [5, 5.41) is 17.0. The molecular formula is C21H16N6O2. The molecule has 8 nitrogen and oxygen atoms in total. The van der Waals surface area contributed by atoms with Gasteiger partial charge in [-0.3, -0.25) is 4.79 Å². The van der Waals surface area contributed by atoms with Crippen molar-refractivity contribution in [1.29, 1.82) is 0 Å². The molecule has 5 rings (SSSR count). The number of Topliss-reactive ketones (excluding diaryl/α,β-unsaturated/α-hetero) is 1. The summed E-state index contributed by atoms with van der Waals surface area (Å²) < 4.78 is 8.84. The van der Waals surface area contributed by atoms with E-state index in [-0.39, 0.29) is 5.78 Å². The number of hydrogen-bond donors (Lipinski definition) is 0. The van der Waals surface area contributed by atoms with E-state index < -0.39 is 5.85 Å². The van der Waals surface area contributed by atoms with Gasteiger partial charge in [0.25, 0.3) is 0 Å². The molecule has 3 aromatic carbocycles. The molecule has 0 spiro atoms. The SMILES string of the molecule is COC(C(=O)c1ccccc1)(n1nnc2ccccc21)n1nnc2ccccc21. The van der Waals surface area contributed by atoms with Crippen molar-refractivity contribution in [3.05, 3.63) is 84.4 Å². The first kappa shape index (κ1) is 17.2. The van der Waals surface area contributed by atoms with Gasteiger partial charge in [-0.05, 0) is 24.3 Å². The van der Waals surface area contributed by atoms with Crippen molar-refractivity contribution in [2.75, 3.05) is 7.11 Å². The van der Waals surface area contributed by atoms with Crippen LogP contribution in [0.25, 0.3) is 22.1 Å². The van der Waals surface area contributed by atoms with Crippen LogP contribution in [0.2, 0.25) is 0 Å². The molecule has 0 aliphatic rings. The quantitative estimate of drug-likeness (QED) is 0.433. The number of carbonyl (C=O) groups excluding carboxylic acids is 1. The predicted octanol–water partition coefficient (Wildman–Crippen LogP) is 2.86. The maximum Gasteiger partial charge on any atom is 0.330 e. The monoisotopic (exact) mass is 384 g/mol. The van der Waals surface area contributed by atoms with E-state index in [0.717, 1.165) is 0 Å². The second-order valence-electron chi connectivity index (χ2n) is 6.49. The van der Waals surface area contributed by atoms with Gasteiger partial charge in [0, 0.05) is 12.7 Å². The van der Waals surface area contributed by atoms with E-state index in [9.17, 15) is 4.79 Å². The van der Waals surface area contributed by atoms with Crippen LogP contribution in [-0.4, -0.2) is 42.9 Å². The highest BCUT2D eigenvalue weighted by Gasteiger charge is 2.48. The van der Waals surface area contributed by atoms with Gasteiger partial charge >= 0.3 is 5.85 Å². The van der Waals surface area contributed by atoms with Crippen molar-refractivity contribution >= 4 is 27.9 Å². The fraction of sp³-hybridized carbons (Fsp3) is 0.0952. The number of fused-ring (bicyclic) bond motifs is 2. The van der Waals surface area contributed by atoms with Crippen LogP contribution >= 0.6 is 0 Å². The van der Waals surface area contributed by atoms with E-state index in [1.807, 2.05) is 54.6 Å². The van der Waals surface area contributed by atoms with E-state index in [1.165, 1.54) is 16.5 Å². The number of aromatic nitrogens is 6. The lowest BCUT2D eigenvalue weighted by Gasteiger charge is -2.31. The molecular weight excluding hydrogens is 368 g/mol. The molecule has 2 heterocycles. The smallest absolute Gasteiger partial charge is 0.330 e. The Bertz CT molecular complexity index is 1250. The first-order chi connectivity index (χ1) is 14.3. The second kappa shape index (κ2) is 6.61. The van der Waals surface area contributed by atoms with Crippen LogP contribution < -0.4 is 0 Å². The second-order valence-corrected chi connectivity index (χ2v) is 6.49. The Morgan fingerprint density at radius 2 is 1.24 bits per heavy atom. The average Bonchev–Trinajstić information content (AvgIpc) is 3.41. The number of nitrogens with zero attached hydrogens (tertiary/aromatic N) is 6. The van der Waals surface area contributed by atoms with E-state index >= 15 is 0 Å². The van der Waals surface area contributed by atoms with Crippen molar-refractivity contribution in [1.82, 2.24) is 30.0 Å². The third kappa shape index (κ3) is 2.46. The molecule has 0 radical (unpaired) electrons. The molecule has 142 valence electrons. The molecule has 0 bridgehead atoms. The van der Waals surface area contributed by atoms with Crippen molar-refractivity contribution < 1.29 is 9.53 Å². The predicted molar refractivity (Wildman–Crippen MR) is 106 cm³/mol. The van der Waals surface area contributed by atoms with Gasteiger partial charge in [0.2, 0.25) is 5.78 Å². The fourth-order valence-electron chi connectivity index (χ4n) is 3.51. The minimum absolute atomic E-state index is 0.341. The Hall–Kier alpha value is -3.91. The maximum atomic E-state index is 13.9. The molecule has 0 saturated carbocycles. The first-order valence-corrected chi connectivity index (χ1v) is 9.02. The van der Waals surface area contributed by atoms with Crippen molar-refractivity contribution in [2.45, 2.75) is 5.85 Å². The molecule has 0 atom stereocenters. The topological polar surface area (TPSA) is 87.7 Å². The molecule has 0 fully saturated rings. The molecule has 0 saturated heterocycles. The van der Waals surface area contributed by atoms with Crippen molar-refractivity contribution in [3.8, 4) is 0 Å². The Balaban J connectivity index is 1.87. The summed E-state index contributed by atoms with van der Waals surface area (Å²) in [4.78, 5) is 13.9. The van der Waals surface area contributed by atoms with Crippen LogP contribution in [0.5, 0.6) is 0 Å². The number of hydrogen-bond acceptors (Lipinski definition) is 6. The van der Waals surface area contributed by atoms with Crippen LogP contribution in [0, 0.1) is 0 Å². The van der Waals surface area contributed by atoms with Gasteiger partial charge in [-0.1, -0.05) is 65.0 Å². The summed E-state index contributed by atoms with van der Waals surface area (Å²) in [5.74, 6) is -2.08. The van der Waals surface area contributed by atoms with Gasteiger partial charge in [0.05, 0.1) is 11.0 Å². The number of benzene rings is 3. The number of ether oxygens (including phenoxy) is 1. The number of carbonyl (C=O) groups is 1. The third-order valence-electron chi connectivity index (χ3n) is 4.89. The Kier molecular flexibility index (Phi) is 3.92. The highest BCUT2D eigenvalue weighted by molar-refractivity contribution is 6.02. The minimum Gasteiger partial charge on any atom is -0.332 e. The van der Waals surface area contributed by atoms with Gasteiger partial charge in [-0.15, -0.1) is 10.2 Å². The van der Waals surface area contributed by atoms with Gasteiger partial charge in [0.15, 0.2) is 0 Å². The van der Waals surface area contributed by atoms with E-state index in [4.69, 9.17) is 4.74 Å². The van der Waals surface area contributed by atoms with E-state index in [2.05, 4.69) is 20.6 Å². The van der Waals surface area contributed by atoms with Gasteiger partial charge in [0.1, 0.15) is 11.0 Å². The lowest BCUT2D eigenvalue weighted by atomic mass is 10.1. The largest absolute Gasteiger partial charge is 0.332 e. The van der Waals surface area contributed by atoms with E-state index in [0.29, 0.717) is 27.6 Å². The normalized spacial score (nSPS) is 11.9. The third-order valence-corrected chi connectivity index (χ3v) is 4.89. The summed E-state index contributed by atoms with van der Waals surface area (Å²) in [5.41, 5.74) is 3.00. The molecule has 0 amide bonds. The van der Waals surface area contributed by atoms with Gasteiger partial charge in [-0.25, -0.2) is 0 Å². The highest BCUT2D eigenvalue weighted by atomic mass is 16.5. The van der Waals surface area contributed by atoms with Gasteiger partial charge in [-0.2, -0.15) is 9.36 Å². The van der Waals surface area contributed by atoms with Gasteiger partial charge < -0.3 is 4.74 Å². The summed E-state index contributed by atoms with van der Waals surface area (Å²) in [6.07, 6.45) is 0. The standard InChI is InChI=1S/C21H16N6O2/c1-29-21(20(28)15-9-3-2-4-10-15,26-18-13-7-5-11-16(18)22-24-26)27-19-14-8-6-12-17(19)23-25-27/h2-14H,1H3. The fourth-order valence-corrected chi connectivity index (χ4v) is 3.51. The Morgan fingerprint density at radius 3 is 1.76 bits per heavy atom. The number of ketones is 1. The minimum atomic E-state index is -1.74. The zero-order valence-corrected chi connectivity index (χ0v) is 15.5. The van der Waals surface area contributed by atoms with Crippen LogP contribution in [0.15, 0.2) is 78.9 Å². The van der Waals surface area contributed by atoms with Crippen LogP contribution in [-0.2, 0) is 10.6 Å². The number of methoxy groups -OCH3 is 1.